The van der Waals surface area contributed by atoms with E-state index in [2.05, 4.69) is 25.7 Å². The molecule has 2 N–H and O–H groups in total. The van der Waals surface area contributed by atoms with Gasteiger partial charge in [-0.05, 0) is 26.3 Å². The van der Waals surface area contributed by atoms with Crippen molar-refractivity contribution in [3.8, 4) is 0 Å². The van der Waals surface area contributed by atoms with Crippen LogP contribution in [0, 0.1) is 0 Å². The zero-order valence-corrected chi connectivity index (χ0v) is 14.9. The number of likely N-dealkylation sites (tertiary alicyclic amines) is 1. The molecule has 2 aliphatic rings. The summed E-state index contributed by atoms with van der Waals surface area (Å²) >= 11 is 0. The highest BCUT2D eigenvalue weighted by Crippen LogP contribution is 2.30. The molecule has 1 aromatic heterocycles. The van der Waals surface area contributed by atoms with Gasteiger partial charge in [-0.1, -0.05) is 38.3 Å². The minimum Gasteiger partial charge on any atom is -0.338 e. The second-order valence-corrected chi connectivity index (χ2v) is 7.49. The number of urea groups is 1. The number of hydrogen-bond acceptors (Lipinski definition) is 5. The fourth-order valence-corrected chi connectivity index (χ4v) is 3.67. The Morgan fingerprint density at radius 1 is 1.21 bits per heavy atom. The molecule has 1 saturated heterocycles. The highest BCUT2D eigenvalue weighted by Gasteiger charge is 2.35. The van der Waals surface area contributed by atoms with Crippen molar-refractivity contribution < 1.29 is 9.32 Å². The molecule has 0 unspecified atom stereocenters. The Hall–Kier alpha value is -1.63. The van der Waals surface area contributed by atoms with E-state index in [1.807, 2.05) is 20.9 Å². The van der Waals surface area contributed by atoms with Gasteiger partial charge in [0.1, 0.15) is 0 Å². The van der Waals surface area contributed by atoms with Crippen LogP contribution in [0.5, 0.6) is 0 Å². The molecule has 134 valence electrons. The molecule has 7 heteroatoms. The molecule has 1 aliphatic heterocycles. The Kier molecular flexibility index (Phi) is 5.38. The van der Waals surface area contributed by atoms with Crippen molar-refractivity contribution in [1.82, 2.24) is 25.7 Å². The first-order valence-electron chi connectivity index (χ1n) is 9.13. The lowest BCUT2D eigenvalue weighted by Gasteiger charge is -2.24. The van der Waals surface area contributed by atoms with Gasteiger partial charge in [0.25, 0.3) is 0 Å². The number of nitrogens with one attached hydrogen (secondary N) is 2. The van der Waals surface area contributed by atoms with Gasteiger partial charge in [0, 0.05) is 24.5 Å². The van der Waals surface area contributed by atoms with E-state index >= 15 is 0 Å². The van der Waals surface area contributed by atoms with Crippen molar-refractivity contribution in [2.75, 3.05) is 13.6 Å². The smallest absolute Gasteiger partial charge is 0.315 e. The normalized spacial score (nSPS) is 26.0. The third kappa shape index (κ3) is 4.06. The third-order valence-corrected chi connectivity index (χ3v) is 5.08. The number of aromatic nitrogens is 2. The summed E-state index contributed by atoms with van der Waals surface area (Å²) in [4.78, 5) is 18.9. The maximum Gasteiger partial charge on any atom is 0.315 e. The van der Waals surface area contributed by atoms with E-state index in [1.54, 1.807) is 0 Å². The second-order valence-electron chi connectivity index (χ2n) is 7.49. The van der Waals surface area contributed by atoms with Gasteiger partial charge in [-0.3, -0.25) is 4.90 Å². The Bertz CT molecular complexity index is 553. The number of amides is 2. The summed E-state index contributed by atoms with van der Waals surface area (Å²) in [6, 6.07) is 0.468. The van der Waals surface area contributed by atoms with Crippen molar-refractivity contribution in [1.29, 1.82) is 0 Å². The summed E-state index contributed by atoms with van der Waals surface area (Å²) in [6.45, 7) is 4.89. The summed E-state index contributed by atoms with van der Waals surface area (Å²) in [5, 5.41) is 10.3. The Labute approximate surface area is 143 Å². The number of rotatable bonds is 4. The van der Waals surface area contributed by atoms with Crippen molar-refractivity contribution >= 4 is 6.03 Å². The van der Waals surface area contributed by atoms with E-state index in [9.17, 15) is 4.79 Å². The van der Waals surface area contributed by atoms with Crippen LogP contribution in [0.4, 0.5) is 4.79 Å². The Morgan fingerprint density at radius 3 is 2.58 bits per heavy atom. The molecule has 2 amide bonds. The Balaban J connectivity index is 1.52. The van der Waals surface area contributed by atoms with E-state index < -0.39 is 0 Å². The lowest BCUT2D eigenvalue weighted by atomic mass is 9.96. The summed E-state index contributed by atoms with van der Waals surface area (Å²) < 4.78 is 5.42. The van der Waals surface area contributed by atoms with Crippen LogP contribution in [0.3, 0.4) is 0 Å². The molecule has 7 nitrogen and oxygen atoms in total. The number of likely N-dealkylation sites (N-methyl/N-ethyl adjacent to an activating group) is 1. The van der Waals surface area contributed by atoms with Gasteiger partial charge in [0.15, 0.2) is 5.82 Å². The molecule has 2 heterocycles. The van der Waals surface area contributed by atoms with Gasteiger partial charge in [-0.2, -0.15) is 4.98 Å². The molecule has 1 saturated carbocycles. The van der Waals surface area contributed by atoms with Crippen LogP contribution in [0.2, 0.25) is 0 Å². The maximum absolute atomic E-state index is 12.2. The molecule has 0 bridgehead atoms. The summed E-state index contributed by atoms with van der Waals surface area (Å²) in [5.41, 5.74) is 0. The number of hydrogen-bond donors (Lipinski definition) is 2. The monoisotopic (exact) mass is 335 g/mol. The zero-order valence-electron chi connectivity index (χ0n) is 14.9. The van der Waals surface area contributed by atoms with Crippen molar-refractivity contribution in [2.45, 2.75) is 76.4 Å². The fraction of sp³-hybridized carbons (Fsp3) is 0.824. The quantitative estimate of drug-likeness (QED) is 0.883. The summed E-state index contributed by atoms with van der Waals surface area (Å²) in [5.74, 6) is 1.65. The zero-order chi connectivity index (χ0) is 17.1. The molecule has 3 rings (SSSR count). The molecule has 2 fully saturated rings. The van der Waals surface area contributed by atoms with Crippen LogP contribution in [-0.4, -0.2) is 46.7 Å². The van der Waals surface area contributed by atoms with Gasteiger partial charge >= 0.3 is 6.03 Å². The van der Waals surface area contributed by atoms with Crippen LogP contribution in [0.15, 0.2) is 4.52 Å². The topological polar surface area (TPSA) is 83.3 Å². The molecule has 0 radical (unpaired) electrons. The summed E-state index contributed by atoms with van der Waals surface area (Å²) in [7, 11) is 2.03. The minimum absolute atomic E-state index is 0.0469. The first-order chi connectivity index (χ1) is 11.5. The van der Waals surface area contributed by atoms with Crippen LogP contribution >= 0.6 is 0 Å². The highest BCUT2D eigenvalue weighted by molar-refractivity contribution is 5.74. The lowest BCUT2D eigenvalue weighted by molar-refractivity contribution is 0.228. The van der Waals surface area contributed by atoms with Crippen LogP contribution < -0.4 is 10.6 Å². The van der Waals surface area contributed by atoms with Crippen molar-refractivity contribution in [3.63, 3.8) is 0 Å². The largest absolute Gasteiger partial charge is 0.338 e. The van der Waals surface area contributed by atoms with Crippen LogP contribution in [0.1, 0.15) is 76.0 Å². The first-order valence-corrected chi connectivity index (χ1v) is 9.13. The standard InChI is InChI=1S/C17H29N5O2/c1-11(2)15-20-16(24-21-15)14-9-13(10-22(14)3)19-17(23)18-12-7-5-4-6-8-12/h11-14H,4-10H2,1-3H3,(H2,18,19,23)/t13-,14-/m0/s1. The predicted molar refractivity (Wildman–Crippen MR) is 90.7 cm³/mol. The second kappa shape index (κ2) is 7.51. The van der Waals surface area contributed by atoms with E-state index in [4.69, 9.17) is 4.52 Å². The lowest BCUT2D eigenvalue weighted by Crippen LogP contribution is -2.47. The predicted octanol–water partition coefficient (Wildman–Crippen LogP) is 2.57. The highest BCUT2D eigenvalue weighted by atomic mass is 16.5. The van der Waals surface area contributed by atoms with Gasteiger partial charge in [-0.25, -0.2) is 4.79 Å². The molecule has 1 aliphatic carbocycles. The minimum atomic E-state index is -0.0469. The average Bonchev–Trinajstić information content (AvgIpc) is 3.15. The van der Waals surface area contributed by atoms with E-state index in [0.29, 0.717) is 11.9 Å². The van der Waals surface area contributed by atoms with Gasteiger partial charge in [0.05, 0.1) is 6.04 Å². The molecule has 2 atom stereocenters. The van der Waals surface area contributed by atoms with Crippen molar-refractivity contribution in [2.24, 2.45) is 0 Å². The van der Waals surface area contributed by atoms with Gasteiger partial charge in [0.2, 0.25) is 5.89 Å². The molecule has 0 aromatic carbocycles. The Morgan fingerprint density at radius 2 is 1.92 bits per heavy atom. The van der Waals surface area contributed by atoms with Gasteiger partial charge < -0.3 is 15.2 Å². The third-order valence-electron chi connectivity index (χ3n) is 5.08. The number of nitrogens with zero attached hydrogens (tertiary/aromatic N) is 3. The van der Waals surface area contributed by atoms with Crippen LogP contribution in [0.25, 0.3) is 0 Å². The van der Waals surface area contributed by atoms with Crippen molar-refractivity contribution in [3.05, 3.63) is 11.7 Å². The van der Waals surface area contributed by atoms with Gasteiger partial charge in [-0.15, -0.1) is 0 Å². The molecule has 0 spiro atoms. The molecule has 24 heavy (non-hydrogen) atoms. The van der Waals surface area contributed by atoms with E-state index in [1.165, 1.54) is 19.3 Å². The van der Waals surface area contributed by atoms with E-state index in [-0.39, 0.29) is 24.0 Å². The number of carbonyl (C=O) groups excluding carboxylic acids is 1. The fourth-order valence-electron chi connectivity index (χ4n) is 3.67. The molecular formula is C17H29N5O2. The van der Waals surface area contributed by atoms with E-state index in [0.717, 1.165) is 31.6 Å². The maximum atomic E-state index is 12.2. The number of carbonyl (C=O) groups is 1. The molecular weight excluding hydrogens is 306 g/mol. The summed E-state index contributed by atoms with van der Waals surface area (Å²) in [6.07, 6.45) is 6.72. The SMILES string of the molecule is CC(C)c1noc([C@@H]2C[C@H](NC(=O)NC3CCCCC3)CN2C)n1. The molecule has 1 aromatic rings. The average molecular weight is 335 g/mol. The van der Waals surface area contributed by atoms with Crippen LogP contribution in [-0.2, 0) is 0 Å². The first kappa shape index (κ1) is 17.2.